The van der Waals surface area contributed by atoms with Crippen LogP contribution >= 0.6 is 0 Å². The number of aliphatic hydroxyl groups excluding tert-OH is 2. The van der Waals surface area contributed by atoms with Crippen LogP contribution in [0.4, 0.5) is 0 Å². The number of nitrogens with zero attached hydrogens (tertiary/aromatic N) is 3. The topological polar surface area (TPSA) is 131 Å². The molecule has 10 heteroatoms. The van der Waals surface area contributed by atoms with Gasteiger partial charge in [-0.25, -0.2) is 0 Å². The van der Waals surface area contributed by atoms with E-state index in [1.807, 2.05) is 43.1 Å². The largest absolute Gasteiger partial charge is 1.00 e. The van der Waals surface area contributed by atoms with E-state index in [-0.39, 0.29) is 41.4 Å². The number of rotatable bonds is 4. The van der Waals surface area contributed by atoms with Gasteiger partial charge in [0.1, 0.15) is 5.75 Å². The summed E-state index contributed by atoms with van der Waals surface area (Å²) >= 11 is 0. The Hall–Kier alpha value is -2.58. The van der Waals surface area contributed by atoms with Gasteiger partial charge in [-0.15, -0.1) is 5.69 Å². The van der Waals surface area contributed by atoms with Crippen molar-refractivity contribution in [3.8, 4) is 23.1 Å². The van der Waals surface area contributed by atoms with E-state index >= 15 is 0 Å². The zero-order valence-electron chi connectivity index (χ0n) is 23.6. The molecular formula is C28H39N4NaO5. The van der Waals surface area contributed by atoms with Gasteiger partial charge in [-0.3, -0.25) is 4.79 Å². The minimum absolute atomic E-state index is 0. The predicted octanol–water partition coefficient (Wildman–Crippen LogP) is 0.0948. The van der Waals surface area contributed by atoms with Crippen LogP contribution in [0.3, 0.4) is 0 Å². The Morgan fingerprint density at radius 2 is 1.95 bits per heavy atom. The van der Waals surface area contributed by atoms with Crippen molar-refractivity contribution in [2.24, 2.45) is 13.0 Å². The van der Waals surface area contributed by atoms with Crippen molar-refractivity contribution in [2.45, 2.75) is 32.8 Å². The molecule has 2 heterocycles. The van der Waals surface area contributed by atoms with Crippen molar-refractivity contribution < 1.29 is 54.0 Å². The maximum Gasteiger partial charge on any atom is 1.00 e. The van der Waals surface area contributed by atoms with Gasteiger partial charge >= 0.3 is 29.6 Å². The number of benzene rings is 2. The molecule has 1 unspecified atom stereocenters. The molecule has 1 aromatic heterocycles. The molecule has 0 radical (unpaired) electrons. The summed E-state index contributed by atoms with van der Waals surface area (Å²) in [6.07, 6.45) is 3.02. The summed E-state index contributed by atoms with van der Waals surface area (Å²) in [6.45, 7) is 4.99. The quantitative estimate of drug-likeness (QED) is 0.405. The SMILES string of the molecule is CCc1cc(C(=O)NC)ccc1OC.CO.Cc1cccc(-c2cn(C)[n-]2)c1.N#C[C@H]1COCC(O)C1.[Na+]. The molecule has 0 saturated carbocycles. The van der Waals surface area contributed by atoms with Crippen molar-refractivity contribution in [3.63, 3.8) is 0 Å². The number of aliphatic hydroxyl groups is 2. The summed E-state index contributed by atoms with van der Waals surface area (Å²) in [5.41, 5.74) is 5.27. The van der Waals surface area contributed by atoms with Gasteiger partial charge in [-0.1, -0.05) is 36.8 Å². The fourth-order valence-corrected chi connectivity index (χ4v) is 3.52. The average Bonchev–Trinajstić information content (AvgIpc) is 2.92. The van der Waals surface area contributed by atoms with Crippen LogP contribution < -0.4 is 44.7 Å². The van der Waals surface area contributed by atoms with Crippen molar-refractivity contribution in [1.82, 2.24) is 15.1 Å². The molecule has 2 aromatic carbocycles. The van der Waals surface area contributed by atoms with Crippen LogP contribution in [0.2, 0.25) is 0 Å². The van der Waals surface area contributed by atoms with Crippen LogP contribution in [0.25, 0.3) is 11.3 Å². The average molecular weight is 535 g/mol. The van der Waals surface area contributed by atoms with E-state index in [1.165, 1.54) is 11.1 Å². The fraction of sp³-hybridized carbons (Fsp3) is 0.429. The number of aromatic nitrogens is 2. The van der Waals surface area contributed by atoms with E-state index in [9.17, 15) is 4.79 Å². The van der Waals surface area contributed by atoms with Gasteiger partial charge in [0, 0.05) is 19.7 Å². The summed E-state index contributed by atoms with van der Waals surface area (Å²) in [4.78, 5) is 11.3. The number of carbonyl (C=O) groups is 1. The molecule has 1 amide bonds. The first-order valence-corrected chi connectivity index (χ1v) is 12.0. The van der Waals surface area contributed by atoms with Gasteiger partial charge < -0.3 is 34.8 Å². The second-order valence-electron chi connectivity index (χ2n) is 8.27. The van der Waals surface area contributed by atoms with Crippen molar-refractivity contribution in [1.29, 1.82) is 5.26 Å². The first-order chi connectivity index (χ1) is 17.8. The number of hydrogen-bond donors (Lipinski definition) is 3. The molecule has 38 heavy (non-hydrogen) atoms. The second kappa shape index (κ2) is 19.5. The van der Waals surface area contributed by atoms with Gasteiger partial charge in [0.25, 0.3) is 5.91 Å². The van der Waals surface area contributed by atoms with E-state index in [0.717, 1.165) is 30.5 Å². The van der Waals surface area contributed by atoms with E-state index < -0.39 is 6.10 Å². The number of methoxy groups -OCH3 is 1. The predicted molar refractivity (Wildman–Crippen MR) is 143 cm³/mol. The summed E-state index contributed by atoms with van der Waals surface area (Å²) in [6, 6.07) is 15.9. The van der Waals surface area contributed by atoms with Crippen LogP contribution in [0, 0.1) is 24.2 Å². The normalized spacial score (nSPS) is 15.4. The van der Waals surface area contributed by atoms with Crippen molar-refractivity contribution in [2.75, 3.05) is 34.5 Å². The van der Waals surface area contributed by atoms with Gasteiger partial charge in [0.15, 0.2) is 0 Å². The molecule has 1 fully saturated rings. The third kappa shape index (κ3) is 11.9. The molecule has 1 aliphatic rings. The molecule has 202 valence electrons. The smallest absolute Gasteiger partial charge is 0.594 e. The van der Waals surface area contributed by atoms with E-state index in [4.69, 9.17) is 24.9 Å². The van der Waals surface area contributed by atoms with Crippen LogP contribution in [0.5, 0.6) is 5.75 Å². The number of carbonyl (C=O) groups excluding carboxylic acids is 1. The van der Waals surface area contributed by atoms with Crippen LogP contribution in [0.15, 0.2) is 48.7 Å². The molecule has 3 aromatic rings. The zero-order valence-corrected chi connectivity index (χ0v) is 25.6. The summed E-state index contributed by atoms with van der Waals surface area (Å²) in [5, 5.41) is 31.1. The zero-order chi connectivity index (χ0) is 27.8. The maximum atomic E-state index is 11.3. The Kier molecular flexibility index (Phi) is 18.2. The maximum absolute atomic E-state index is 11.3. The minimum Gasteiger partial charge on any atom is -0.594 e. The third-order valence-electron chi connectivity index (χ3n) is 5.41. The molecule has 0 spiro atoms. The van der Waals surface area contributed by atoms with Crippen LogP contribution in [-0.4, -0.2) is 61.4 Å². The van der Waals surface area contributed by atoms with E-state index in [1.54, 1.807) is 20.2 Å². The first kappa shape index (κ1) is 35.4. The molecule has 0 aliphatic carbocycles. The standard InChI is InChI=1S/C11H15NO2.C10H11N2.C6H9NO2.CH4O.Na/c1-4-8-7-9(11(13)12-2)5-6-10(8)14-3;1-8-4-3-5-9(6-8)10-7-12(2)11-10;7-2-5-1-6(8)4-9-3-5;1-2;/h5-7H,4H2,1-3H3,(H,12,13);3-7H,1-2H3;5-6,8H,1,3-4H2;2H,1H3;/q;-1;;;+1/t;;5-,6?;;/m..0../s1. The molecule has 2 atom stereocenters. The van der Waals surface area contributed by atoms with Gasteiger partial charge in [0.2, 0.25) is 0 Å². The number of hydrogen-bond acceptors (Lipinski definition) is 6. The Morgan fingerprint density at radius 1 is 1.26 bits per heavy atom. The van der Waals surface area contributed by atoms with Crippen molar-refractivity contribution in [3.05, 3.63) is 65.4 Å². The Balaban J connectivity index is 0.000000526. The number of nitrogens with one attached hydrogen (secondary N) is 1. The van der Waals surface area contributed by atoms with Gasteiger partial charge in [-0.05, 0) is 62.3 Å². The third-order valence-corrected chi connectivity index (χ3v) is 5.41. The molecule has 1 aliphatic heterocycles. The molecule has 3 N–H and O–H groups in total. The van der Waals surface area contributed by atoms with Crippen LogP contribution in [0.1, 0.15) is 34.8 Å². The van der Waals surface area contributed by atoms with Crippen molar-refractivity contribution >= 4 is 5.91 Å². The Labute approximate surface area is 248 Å². The first-order valence-electron chi connectivity index (χ1n) is 12.0. The second-order valence-corrected chi connectivity index (χ2v) is 8.27. The molecular weight excluding hydrogens is 495 g/mol. The number of ether oxygens (including phenoxy) is 2. The van der Waals surface area contributed by atoms with E-state index in [2.05, 4.69) is 41.6 Å². The minimum atomic E-state index is -0.427. The molecule has 9 nitrogen and oxygen atoms in total. The monoisotopic (exact) mass is 534 g/mol. The summed E-state index contributed by atoms with van der Waals surface area (Å²) in [5.74, 6) is 0.663. The molecule has 0 bridgehead atoms. The van der Waals surface area contributed by atoms with E-state index in [0.29, 0.717) is 25.2 Å². The number of nitriles is 1. The number of aryl methyl sites for hydroxylation is 3. The Morgan fingerprint density at radius 3 is 2.42 bits per heavy atom. The molecule has 4 rings (SSSR count). The van der Waals surface area contributed by atoms with Gasteiger partial charge in [-0.2, -0.15) is 5.26 Å². The fourth-order valence-electron chi connectivity index (χ4n) is 3.52. The van der Waals surface area contributed by atoms with Crippen LogP contribution in [-0.2, 0) is 18.2 Å². The summed E-state index contributed by atoms with van der Waals surface area (Å²) in [7, 11) is 6.19. The number of amides is 1. The summed E-state index contributed by atoms with van der Waals surface area (Å²) < 4.78 is 11.9. The Bertz CT molecular complexity index is 1110. The molecule has 1 saturated heterocycles. The van der Waals surface area contributed by atoms with Gasteiger partial charge in [0.05, 0.1) is 38.4 Å².